The molecule has 2 N–H and O–H groups in total. The number of rotatable bonds is 10. The summed E-state index contributed by atoms with van der Waals surface area (Å²) in [5.74, 6) is -0.924. The van der Waals surface area contributed by atoms with Crippen molar-refractivity contribution in [3.63, 3.8) is 0 Å². The summed E-state index contributed by atoms with van der Waals surface area (Å²) in [7, 11) is 2.05. The smallest absolute Gasteiger partial charge is 0.280 e. The average molecular weight is 618 g/mol. The lowest BCUT2D eigenvalue weighted by Gasteiger charge is -2.35. The van der Waals surface area contributed by atoms with Crippen LogP contribution >= 0.6 is 11.6 Å². The van der Waals surface area contributed by atoms with Crippen LogP contribution in [0.25, 0.3) is 5.69 Å². The van der Waals surface area contributed by atoms with E-state index >= 15 is 0 Å². The average Bonchev–Trinajstić information content (AvgIpc) is 3.51. The number of aromatic nitrogens is 4. The molecule has 3 aromatic rings. The fourth-order valence-corrected chi connectivity index (χ4v) is 5.17. The van der Waals surface area contributed by atoms with Gasteiger partial charge in [0.25, 0.3) is 18.2 Å². The Balaban J connectivity index is 1.31. The lowest BCUT2D eigenvalue weighted by atomic mass is 10.1. The molecule has 2 saturated heterocycles. The Morgan fingerprint density at radius 2 is 1.84 bits per heavy atom. The van der Waals surface area contributed by atoms with Crippen molar-refractivity contribution in [1.29, 1.82) is 0 Å². The highest BCUT2D eigenvalue weighted by Gasteiger charge is 2.22. The number of anilines is 2. The van der Waals surface area contributed by atoms with E-state index in [1.807, 2.05) is 19.2 Å². The highest BCUT2D eigenvalue weighted by molar-refractivity contribution is 6.34. The number of amides is 2. The molecule has 0 aliphatic carbocycles. The van der Waals surface area contributed by atoms with Gasteiger partial charge in [-0.3, -0.25) is 19.5 Å². The lowest BCUT2D eigenvalue weighted by molar-refractivity contribution is 0.0374. The number of benzene rings is 1. The van der Waals surface area contributed by atoms with E-state index < -0.39 is 18.0 Å². The second-order valence-corrected chi connectivity index (χ2v) is 10.9. The Hall–Kier alpha value is -3.72. The molecule has 0 bridgehead atoms. The monoisotopic (exact) mass is 617 g/mol. The van der Waals surface area contributed by atoms with Gasteiger partial charge >= 0.3 is 0 Å². The number of likely N-dealkylation sites (N-methyl/N-ethyl adjacent to an activating group) is 1. The second kappa shape index (κ2) is 14.2. The molecule has 0 atom stereocenters. The minimum atomic E-state index is -2.81. The Morgan fingerprint density at radius 3 is 2.56 bits per heavy atom. The molecule has 0 unspecified atom stereocenters. The van der Waals surface area contributed by atoms with E-state index in [0.717, 1.165) is 83.4 Å². The summed E-state index contributed by atoms with van der Waals surface area (Å²) < 4.78 is 32.9. The molecule has 5 rings (SSSR count). The lowest BCUT2D eigenvalue weighted by Crippen LogP contribution is -2.44. The van der Waals surface area contributed by atoms with Crippen LogP contribution in [0, 0.1) is 0 Å². The molecule has 43 heavy (non-hydrogen) atoms. The van der Waals surface area contributed by atoms with E-state index in [2.05, 4.69) is 40.6 Å². The number of pyridine rings is 1. The van der Waals surface area contributed by atoms with Crippen LogP contribution in [-0.4, -0.2) is 114 Å². The van der Waals surface area contributed by atoms with E-state index in [9.17, 15) is 18.4 Å². The van der Waals surface area contributed by atoms with Crippen molar-refractivity contribution in [2.24, 2.45) is 0 Å². The number of ether oxygens (including phenoxy) is 1. The van der Waals surface area contributed by atoms with Gasteiger partial charge in [-0.25, -0.2) is 13.5 Å². The summed E-state index contributed by atoms with van der Waals surface area (Å²) in [6.45, 7) is 7.80. The molecule has 2 aliphatic heterocycles. The number of halogens is 3. The predicted octanol–water partition coefficient (Wildman–Crippen LogP) is 2.71. The van der Waals surface area contributed by atoms with Crippen LogP contribution in [0.15, 0.2) is 36.7 Å². The van der Waals surface area contributed by atoms with E-state index in [1.165, 1.54) is 10.9 Å². The number of nitrogens with one attached hydrogen (secondary N) is 2. The number of alkyl halides is 2. The summed E-state index contributed by atoms with van der Waals surface area (Å²) in [6.07, 6.45) is 0.570. The Labute approximate surface area is 252 Å². The predicted molar refractivity (Wildman–Crippen MR) is 157 cm³/mol. The number of morpholine rings is 1. The molecule has 2 fully saturated rings. The number of carbonyl (C=O) groups is 2. The van der Waals surface area contributed by atoms with Gasteiger partial charge < -0.3 is 25.2 Å². The topological polar surface area (TPSA) is 121 Å². The zero-order valence-electron chi connectivity index (χ0n) is 23.8. The van der Waals surface area contributed by atoms with E-state index in [0.29, 0.717) is 17.9 Å². The van der Waals surface area contributed by atoms with Gasteiger partial charge in [0, 0.05) is 52.0 Å². The highest BCUT2D eigenvalue weighted by atomic mass is 35.5. The number of piperazine rings is 1. The summed E-state index contributed by atoms with van der Waals surface area (Å²) in [4.78, 5) is 36.3. The van der Waals surface area contributed by atoms with Crippen LogP contribution in [0.1, 0.15) is 39.4 Å². The first-order valence-corrected chi connectivity index (χ1v) is 14.5. The van der Waals surface area contributed by atoms with Gasteiger partial charge in [-0.2, -0.15) is 0 Å². The van der Waals surface area contributed by atoms with Gasteiger partial charge in [-0.1, -0.05) is 16.8 Å². The van der Waals surface area contributed by atoms with Crippen LogP contribution in [0.4, 0.5) is 20.2 Å². The number of hydrogen-bond donors (Lipinski definition) is 2. The minimum absolute atomic E-state index is 0.0332. The molecule has 2 aromatic heterocycles. The quantitative estimate of drug-likeness (QED) is 0.331. The molecule has 15 heteroatoms. The van der Waals surface area contributed by atoms with Crippen LogP contribution in [0.3, 0.4) is 0 Å². The van der Waals surface area contributed by atoms with Gasteiger partial charge in [0.2, 0.25) is 0 Å². The number of carbonyl (C=O) groups excluding carboxylic acids is 2. The standard InChI is InChI=1S/C28H34ClF2N9O3/c1-37-7-9-39(10-8-37)25-4-3-19(15-22(25)34-27(41)20-17-33-23(26(30)31)16-21(20)29)40-18-24(35-36-40)28(42)32-5-2-6-38-11-13-43-14-12-38/h3-4,15-18,26H,2,5-14H2,1H3,(H,32,42)(H,34,41). The molecule has 0 saturated carbocycles. The Kier molecular flexibility index (Phi) is 10.1. The fourth-order valence-electron chi connectivity index (χ4n) is 4.93. The number of nitrogens with zero attached hydrogens (tertiary/aromatic N) is 7. The van der Waals surface area contributed by atoms with Gasteiger partial charge in [0.05, 0.1) is 47.1 Å². The van der Waals surface area contributed by atoms with Crippen LogP contribution in [0.2, 0.25) is 5.02 Å². The Bertz CT molecular complexity index is 1430. The molecular formula is C28H34ClF2N9O3. The van der Waals surface area contributed by atoms with Crippen molar-refractivity contribution in [2.45, 2.75) is 12.8 Å². The van der Waals surface area contributed by atoms with Crippen molar-refractivity contribution < 1.29 is 23.1 Å². The molecule has 4 heterocycles. The first-order valence-electron chi connectivity index (χ1n) is 14.1. The van der Waals surface area contributed by atoms with Gasteiger partial charge in [0.1, 0.15) is 5.69 Å². The maximum Gasteiger partial charge on any atom is 0.280 e. The van der Waals surface area contributed by atoms with Crippen molar-refractivity contribution in [1.82, 2.24) is 35.1 Å². The molecule has 0 radical (unpaired) electrons. The SMILES string of the molecule is CN1CCN(c2ccc(-n3cc(C(=O)NCCCN4CCOCC4)nn3)cc2NC(=O)c2cnc(C(F)F)cc2Cl)CC1. The van der Waals surface area contributed by atoms with Crippen LogP contribution in [-0.2, 0) is 4.74 Å². The third kappa shape index (κ3) is 7.82. The first kappa shape index (κ1) is 30.7. The van der Waals surface area contributed by atoms with Crippen molar-refractivity contribution in [3.05, 3.63) is 58.6 Å². The third-order valence-electron chi connectivity index (χ3n) is 7.45. The molecule has 12 nitrogen and oxygen atoms in total. The number of hydrogen-bond acceptors (Lipinski definition) is 9. The van der Waals surface area contributed by atoms with Crippen molar-refractivity contribution in [3.8, 4) is 5.69 Å². The van der Waals surface area contributed by atoms with Gasteiger partial charge in [-0.15, -0.1) is 5.10 Å². The van der Waals surface area contributed by atoms with Crippen LogP contribution < -0.4 is 15.5 Å². The molecule has 1 aromatic carbocycles. The molecule has 0 spiro atoms. The Morgan fingerprint density at radius 1 is 1.07 bits per heavy atom. The minimum Gasteiger partial charge on any atom is -0.379 e. The molecule has 230 valence electrons. The van der Waals surface area contributed by atoms with Crippen molar-refractivity contribution >= 4 is 34.8 Å². The maximum absolute atomic E-state index is 13.2. The summed E-state index contributed by atoms with van der Waals surface area (Å²) in [5, 5.41) is 13.8. The summed E-state index contributed by atoms with van der Waals surface area (Å²) in [5.41, 5.74) is 1.42. The third-order valence-corrected chi connectivity index (χ3v) is 7.76. The molecular weight excluding hydrogens is 584 g/mol. The zero-order valence-corrected chi connectivity index (χ0v) is 24.6. The molecule has 2 amide bonds. The van der Waals surface area contributed by atoms with E-state index in [1.54, 1.807) is 6.07 Å². The van der Waals surface area contributed by atoms with Gasteiger partial charge in [0.15, 0.2) is 5.69 Å². The van der Waals surface area contributed by atoms with Crippen molar-refractivity contribution in [2.75, 3.05) is 82.8 Å². The summed E-state index contributed by atoms with van der Waals surface area (Å²) >= 11 is 6.17. The zero-order chi connectivity index (χ0) is 30.3. The first-order chi connectivity index (χ1) is 20.8. The highest BCUT2D eigenvalue weighted by Crippen LogP contribution is 2.31. The van der Waals surface area contributed by atoms with E-state index in [-0.39, 0.29) is 22.2 Å². The van der Waals surface area contributed by atoms with Crippen LogP contribution in [0.5, 0.6) is 0 Å². The largest absolute Gasteiger partial charge is 0.379 e. The fraction of sp³-hybridized carbons (Fsp3) is 0.464. The molecule has 2 aliphatic rings. The summed E-state index contributed by atoms with van der Waals surface area (Å²) in [6, 6.07) is 6.40. The maximum atomic E-state index is 13.2. The second-order valence-electron chi connectivity index (χ2n) is 10.4. The van der Waals surface area contributed by atoms with E-state index in [4.69, 9.17) is 16.3 Å². The van der Waals surface area contributed by atoms with Gasteiger partial charge in [-0.05, 0) is 44.3 Å². The normalized spacial score (nSPS) is 16.4.